The third-order valence-corrected chi connectivity index (χ3v) is 4.95. The Kier molecular flexibility index (Phi) is 8.21. The van der Waals surface area contributed by atoms with E-state index in [1.54, 1.807) is 0 Å². The minimum absolute atomic E-state index is 0.235. The molecule has 1 unspecified atom stereocenters. The maximum absolute atomic E-state index is 9.42. The summed E-state index contributed by atoms with van der Waals surface area (Å²) in [6.45, 7) is 6.68. The van der Waals surface area contributed by atoms with Gasteiger partial charge in [0.2, 0.25) is 0 Å². The van der Waals surface area contributed by atoms with Crippen LogP contribution in [0.4, 0.5) is 0 Å². The molecule has 0 aliphatic rings. The van der Waals surface area contributed by atoms with Crippen LogP contribution in [0, 0.1) is 0 Å². The Labute approximate surface area is 92.3 Å². The van der Waals surface area contributed by atoms with Gasteiger partial charge in [-0.25, -0.2) is 0 Å². The van der Waals surface area contributed by atoms with E-state index in [4.69, 9.17) is 18.4 Å². The molecule has 0 amide bonds. The van der Waals surface area contributed by atoms with Crippen molar-refractivity contribution in [3.63, 3.8) is 0 Å². The van der Waals surface area contributed by atoms with E-state index in [-0.39, 0.29) is 12.7 Å². The number of rotatable bonds is 9. The average Bonchev–Trinajstić information content (AvgIpc) is 2.18. The van der Waals surface area contributed by atoms with Gasteiger partial charge in [-0.3, -0.25) is 0 Å². The fraction of sp³-hybridized carbons (Fsp3) is 1.00. The molecule has 0 aromatic carbocycles. The zero-order valence-electron chi connectivity index (χ0n) is 9.73. The second kappa shape index (κ2) is 8.20. The molecule has 92 valence electrons. The first-order valence-corrected chi connectivity index (χ1v) is 7.28. The van der Waals surface area contributed by atoms with Crippen molar-refractivity contribution in [1.82, 2.24) is 0 Å². The van der Waals surface area contributed by atoms with Crippen molar-refractivity contribution in [2.24, 2.45) is 0 Å². The maximum atomic E-state index is 9.42. The smallest absolute Gasteiger partial charge is 0.394 e. The highest BCUT2D eigenvalue weighted by atomic mass is 28.4. The van der Waals surface area contributed by atoms with Crippen LogP contribution in [0.3, 0.4) is 0 Å². The molecular formula is C9H22O5Si. The van der Waals surface area contributed by atoms with E-state index in [9.17, 15) is 5.11 Å². The van der Waals surface area contributed by atoms with Crippen LogP contribution in [0.1, 0.15) is 20.8 Å². The predicted octanol–water partition coefficient (Wildman–Crippen LogP) is 0.388. The second-order valence-corrected chi connectivity index (χ2v) is 5.66. The number of hydrogen-bond donors (Lipinski definition) is 2. The average molecular weight is 238 g/mol. The molecule has 0 heterocycles. The zero-order valence-corrected chi connectivity index (χ0v) is 10.7. The summed E-state index contributed by atoms with van der Waals surface area (Å²) >= 11 is 0. The quantitative estimate of drug-likeness (QED) is 0.569. The fourth-order valence-electron chi connectivity index (χ4n) is 1.31. The molecule has 0 bridgehead atoms. The SMILES string of the molecule is CCO[Si](CC(O)CO)(OCC)OCC. The summed E-state index contributed by atoms with van der Waals surface area (Å²) in [7, 11) is -2.79. The van der Waals surface area contributed by atoms with Crippen LogP contribution < -0.4 is 0 Å². The van der Waals surface area contributed by atoms with Crippen LogP contribution in [0.25, 0.3) is 0 Å². The van der Waals surface area contributed by atoms with Gasteiger partial charge in [0.05, 0.1) is 12.7 Å². The third kappa shape index (κ3) is 5.60. The molecule has 0 rings (SSSR count). The van der Waals surface area contributed by atoms with Crippen LogP contribution in [-0.4, -0.2) is 51.5 Å². The molecular weight excluding hydrogens is 216 g/mol. The maximum Gasteiger partial charge on any atom is 0.503 e. The largest absolute Gasteiger partial charge is 0.503 e. The van der Waals surface area contributed by atoms with Crippen LogP contribution in [-0.2, 0) is 13.3 Å². The Morgan fingerprint density at radius 2 is 1.40 bits per heavy atom. The molecule has 1 atom stereocenters. The van der Waals surface area contributed by atoms with Crippen molar-refractivity contribution in [3.8, 4) is 0 Å². The van der Waals surface area contributed by atoms with E-state index >= 15 is 0 Å². The highest BCUT2D eigenvalue weighted by molar-refractivity contribution is 6.60. The normalized spacial score (nSPS) is 14.2. The zero-order chi connectivity index (χ0) is 11.7. The van der Waals surface area contributed by atoms with Crippen molar-refractivity contribution in [2.75, 3.05) is 26.4 Å². The molecule has 15 heavy (non-hydrogen) atoms. The van der Waals surface area contributed by atoms with Gasteiger partial charge in [0.15, 0.2) is 0 Å². The highest BCUT2D eigenvalue weighted by Crippen LogP contribution is 2.18. The van der Waals surface area contributed by atoms with Gasteiger partial charge >= 0.3 is 8.80 Å². The lowest BCUT2D eigenvalue weighted by Crippen LogP contribution is -2.49. The number of hydrogen-bond acceptors (Lipinski definition) is 5. The van der Waals surface area contributed by atoms with E-state index < -0.39 is 14.9 Å². The predicted molar refractivity (Wildman–Crippen MR) is 58.5 cm³/mol. The molecule has 0 aromatic rings. The van der Waals surface area contributed by atoms with Crippen molar-refractivity contribution >= 4 is 8.80 Å². The van der Waals surface area contributed by atoms with Gasteiger partial charge in [-0.05, 0) is 20.8 Å². The van der Waals surface area contributed by atoms with Gasteiger partial charge in [-0.2, -0.15) is 0 Å². The Morgan fingerprint density at radius 3 is 1.67 bits per heavy atom. The molecule has 0 saturated carbocycles. The van der Waals surface area contributed by atoms with E-state index in [0.717, 1.165) is 0 Å². The second-order valence-electron chi connectivity index (χ2n) is 3.02. The lowest BCUT2D eigenvalue weighted by atomic mass is 10.4. The molecule has 0 aliphatic heterocycles. The van der Waals surface area contributed by atoms with Gasteiger partial charge in [-0.1, -0.05) is 0 Å². The molecule has 0 fully saturated rings. The minimum Gasteiger partial charge on any atom is -0.394 e. The van der Waals surface area contributed by atoms with Gasteiger partial charge in [0.1, 0.15) is 0 Å². The summed E-state index contributed by atoms with van der Waals surface area (Å²) in [6.07, 6.45) is -0.846. The third-order valence-electron chi connectivity index (χ3n) is 1.79. The Hall–Kier alpha value is 0.0169. The number of aliphatic hydroxyl groups excluding tert-OH is 2. The summed E-state index contributed by atoms with van der Waals surface area (Å²) in [4.78, 5) is 0. The van der Waals surface area contributed by atoms with Crippen molar-refractivity contribution in [2.45, 2.75) is 32.9 Å². The van der Waals surface area contributed by atoms with E-state index in [2.05, 4.69) is 0 Å². The monoisotopic (exact) mass is 238 g/mol. The topological polar surface area (TPSA) is 68.2 Å². The Bertz CT molecular complexity index is 138. The van der Waals surface area contributed by atoms with Crippen LogP contribution in [0.15, 0.2) is 0 Å². The summed E-state index contributed by atoms with van der Waals surface area (Å²) in [6, 6.07) is 0.235. The first-order valence-electron chi connectivity index (χ1n) is 5.34. The van der Waals surface area contributed by atoms with E-state index in [0.29, 0.717) is 19.8 Å². The van der Waals surface area contributed by atoms with Gasteiger partial charge < -0.3 is 23.5 Å². The standard InChI is InChI=1S/C9H22O5Si/c1-4-12-15(13-5-2,14-6-3)8-9(11)7-10/h9-11H,4-8H2,1-3H3. The molecule has 0 aromatic heterocycles. The Balaban J connectivity index is 4.44. The summed E-state index contributed by atoms with van der Waals surface area (Å²) in [5, 5.41) is 18.2. The lowest BCUT2D eigenvalue weighted by molar-refractivity contribution is 0.0425. The molecule has 0 spiro atoms. The first kappa shape index (κ1) is 15.0. The summed E-state index contributed by atoms with van der Waals surface area (Å²) < 4.78 is 16.5. The molecule has 2 N–H and O–H groups in total. The van der Waals surface area contributed by atoms with Crippen molar-refractivity contribution in [3.05, 3.63) is 0 Å². The lowest BCUT2D eigenvalue weighted by Gasteiger charge is -2.29. The van der Waals surface area contributed by atoms with E-state index in [1.807, 2.05) is 20.8 Å². The van der Waals surface area contributed by atoms with Gasteiger partial charge in [0, 0.05) is 25.9 Å². The Morgan fingerprint density at radius 1 is 1.00 bits per heavy atom. The summed E-state index contributed by atoms with van der Waals surface area (Å²) in [5.41, 5.74) is 0. The minimum atomic E-state index is -2.79. The van der Waals surface area contributed by atoms with Crippen molar-refractivity contribution < 1.29 is 23.5 Å². The van der Waals surface area contributed by atoms with Crippen LogP contribution in [0.5, 0.6) is 0 Å². The molecule has 0 saturated heterocycles. The molecule has 5 nitrogen and oxygen atoms in total. The van der Waals surface area contributed by atoms with Crippen LogP contribution >= 0.6 is 0 Å². The van der Waals surface area contributed by atoms with Crippen LogP contribution in [0.2, 0.25) is 6.04 Å². The molecule has 0 radical (unpaired) electrons. The van der Waals surface area contributed by atoms with Gasteiger partial charge in [-0.15, -0.1) is 0 Å². The highest BCUT2D eigenvalue weighted by Gasteiger charge is 2.42. The van der Waals surface area contributed by atoms with E-state index in [1.165, 1.54) is 0 Å². The fourth-order valence-corrected chi connectivity index (χ4v) is 3.94. The molecule has 6 heteroatoms. The number of aliphatic hydroxyl groups is 2. The van der Waals surface area contributed by atoms with Crippen molar-refractivity contribution in [1.29, 1.82) is 0 Å². The van der Waals surface area contributed by atoms with Gasteiger partial charge in [0.25, 0.3) is 0 Å². The first-order chi connectivity index (χ1) is 7.14. The summed E-state index contributed by atoms with van der Waals surface area (Å²) in [5.74, 6) is 0. The molecule has 0 aliphatic carbocycles.